The van der Waals surface area contributed by atoms with Crippen LogP contribution in [0.5, 0.6) is 0 Å². The minimum atomic E-state index is -6.73. The minimum absolute atomic E-state index is 0.00242. The van der Waals surface area contributed by atoms with Crippen LogP contribution >= 0.6 is 22.7 Å². The largest absolute Gasteiger partial charge is 0.461 e. The van der Waals surface area contributed by atoms with Gasteiger partial charge in [-0.2, -0.15) is 61.5 Å². The summed E-state index contributed by atoms with van der Waals surface area (Å²) in [6.45, 7) is 9.41. The lowest BCUT2D eigenvalue weighted by atomic mass is 9.74. The first kappa shape index (κ1) is 46.4. The standard InChI is InChI=1S/C46H32F14S2/c1-39(2,3)28-23-33(36-11-7-21-61-36)31-14-13-27(38(34(31)24-28)37-12-8-22-62-37)25-40(4,5)35-16-15-29-26(17-19-41(47,48)43(51,52)45(55,56)57)9-6-10-30(29)32(35)18-20-42(49,50)44(53,54)46(58,59)60/h6-16,21-24H,25H2,1-5H3. The van der Waals surface area contributed by atoms with Crippen molar-refractivity contribution in [1.29, 1.82) is 0 Å². The van der Waals surface area contributed by atoms with Gasteiger partial charge < -0.3 is 0 Å². The third-order valence-corrected chi connectivity index (χ3v) is 12.1. The molecule has 2 aromatic heterocycles. The summed E-state index contributed by atoms with van der Waals surface area (Å²) in [7, 11) is 0. The molecule has 6 aromatic rings. The zero-order valence-corrected chi connectivity index (χ0v) is 34.6. The lowest BCUT2D eigenvalue weighted by molar-refractivity contribution is -0.339. The number of rotatable bonds is 7. The van der Waals surface area contributed by atoms with Crippen molar-refractivity contribution in [3.8, 4) is 44.6 Å². The summed E-state index contributed by atoms with van der Waals surface area (Å²) in [6.07, 6.45) is -13.4. The van der Waals surface area contributed by atoms with Gasteiger partial charge in [0.2, 0.25) is 0 Å². The lowest BCUT2D eigenvalue weighted by Crippen LogP contribution is -2.51. The molecule has 6 rings (SSSR count). The number of hydrogen-bond donors (Lipinski definition) is 0. The maximum Gasteiger partial charge on any atom is 0.461 e. The number of halogens is 14. The van der Waals surface area contributed by atoms with Crippen LogP contribution in [0.3, 0.4) is 0 Å². The maximum atomic E-state index is 14.8. The van der Waals surface area contributed by atoms with E-state index in [2.05, 4.69) is 32.9 Å². The predicted octanol–water partition coefficient (Wildman–Crippen LogP) is 15.6. The Balaban J connectivity index is 1.60. The van der Waals surface area contributed by atoms with Gasteiger partial charge in [-0.15, -0.1) is 22.7 Å². The topological polar surface area (TPSA) is 0 Å². The predicted molar refractivity (Wildman–Crippen MR) is 216 cm³/mol. The maximum absolute atomic E-state index is 14.8. The van der Waals surface area contributed by atoms with Gasteiger partial charge in [-0.05, 0) is 114 Å². The van der Waals surface area contributed by atoms with E-state index in [0.717, 1.165) is 67.4 Å². The smallest absolute Gasteiger partial charge is 0.188 e. The summed E-state index contributed by atoms with van der Waals surface area (Å²) in [6, 6.07) is 21.1. The van der Waals surface area contributed by atoms with Crippen LogP contribution in [0.4, 0.5) is 61.5 Å². The van der Waals surface area contributed by atoms with Gasteiger partial charge in [0.15, 0.2) is 0 Å². The van der Waals surface area contributed by atoms with Gasteiger partial charge in [0, 0.05) is 26.4 Å². The first-order valence-electron chi connectivity index (χ1n) is 18.4. The Morgan fingerprint density at radius 3 is 1.60 bits per heavy atom. The average molecular weight is 915 g/mol. The molecular formula is C46H32F14S2. The normalized spacial score (nSPS) is 13.5. The molecule has 0 radical (unpaired) electrons. The van der Waals surface area contributed by atoms with Gasteiger partial charge >= 0.3 is 36.0 Å². The second kappa shape index (κ2) is 15.6. The van der Waals surface area contributed by atoms with Crippen molar-refractivity contribution >= 4 is 44.2 Å². The summed E-state index contributed by atoms with van der Waals surface area (Å²) >= 11 is 2.98. The monoisotopic (exact) mass is 914 g/mol. The van der Waals surface area contributed by atoms with Crippen molar-refractivity contribution in [3.05, 3.63) is 117 Å². The van der Waals surface area contributed by atoms with E-state index in [4.69, 9.17) is 0 Å². The van der Waals surface area contributed by atoms with E-state index < -0.39 is 52.6 Å². The Labute approximate surface area is 354 Å². The van der Waals surface area contributed by atoms with E-state index in [1.165, 1.54) is 17.4 Å². The highest BCUT2D eigenvalue weighted by molar-refractivity contribution is 7.14. The molecule has 0 aliphatic rings. The molecule has 326 valence electrons. The summed E-state index contributed by atoms with van der Waals surface area (Å²) in [5.74, 6) is -20.4. The van der Waals surface area contributed by atoms with Crippen LogP contribution < -0.4 is 0 Å². The highest BCUT2D eigenvalue weighted by atomic mass is 32.1. The van der Waals surface area contributed by atoms with Crippen molar-refractivity contribution in [2.75, 3.05) is 0 Å². The van der Waals surface area contributed by atoms with Crippen molar-refractivity contribution in [3.63, 3.8) is 0 Å². The third kappa shape index (κ3) is 8.40. The van der Waals surface area contributed by atoms with Gasteiger partial charge in [-0.1, -0.05) is 95.0 Å². The van der Waals surface area contributed by atoms with Crippen molar-refractivity contribution in [2.45, 2.75) is 87.9 Å². The van der Waals surface area contributed by atoms with Crippen LogP contribution in [0.2, 0.25) is 0 Å². The molecule has 0 atom stereocenters. The Hall–Kier alpha value is -5.06. The lowest BCUT2D eigenvalue weighted by Gasteiger charge is -2.30. The Kier molecular flexibility index (Phi) is 11.7. The molecule has 0 saturated carbocycles. The molecule has 0 fully saturated rings. The van der Waals surface area contributed by atoms with Crippen LogP contribution in [0.25, 0.3) is 42.4 Å². The van der Waals surface area contributed by atoms with E-state index in [1.807, 2.05) is 47.2 Å². The molecule has 16 heteroatoms. The van der Waals surface area contributed by atoms with Crippen LogP contribution in [0.15, 0.2) is 89.6 Å². The van der Waals surface area contributed by atoms with E-state index in [9.17, 15) is 61.5 Å². The van der Waals surface area contributed by atoms with Crippen molar-refractivity contribution in [2.24, 2.45) is 0 Å². The first-order valence-corrected chi connectivity index (χ1v) is 20.1. The highest BCUT2D eigenvalue weighted by Crippen LogP contribution is 2.49. The zero-order valence-electron chi connectivity index (χ0n) is 33.0. The Bertz CT molecular complexity index is 2760. The molecule has 0 aliphatic carbocycles. The third-order valence-electron chi connectivity index (χ3n) is 10.3. The van der Waals surface area contributed by atoms with Crippen LogP contribution in [0, 0.1) is 23.7 Å². The number of alkyl halides is 14. The SMILES string of the molecule is CC(C)(C)c1cc(-c2cccs2)c2ccc(CC(C)(C)c3ccc4c(C#CC(F)(F)C(F)(F)C(F)(F)F)cccc4c3C#CC(F)(F)C(F)(F)C(F)(F)F)c(-c3cccs3)c2c1. The summed E-state index contributed by atoms with van der Waals surface area (Å²) in [5.41, 5.74) is 0.689. The highest BCUT2D eigenvalue weighted by Gasteiger charge is 2.73. The summed E-state index contributed by atoms with van der Waals surface area (Å²) < 4.78 is 192. The molecule has 0 spiro atoms. The van der Waals surface area contributed by atoms with Gasteiger partial charge in [0.05, 0.1) is 0 Å². The van der Waals surface area contributed by atoms with E-state index >= 15 is 0 Å². The molecule has 62 heavy (non-hydrogen) atoms. The summed E-state index contributed by atoms with van der Waals surface area (Å²) in [5, 5.41) is 4.90. The zero-order chi connectivity index (χ0) is 46.1. The minimum Gasteiger partial charge on any atom is -0.188 e. The van der Waals surface area contributed by atoms with Crippen LogP contribution in [0.1, 0.15) is 62.4 Å². The van der Waals surface area contributed by atoms with Gasteiger partial charge in [0.1, 0.15) is 0 Å². The molecular weight excluding hydrogens is 883 g/mol. The number of fused-ring (bicyclic) bond motifs is 2. The van der Waals surface area contributed by atoms with Gasteiger partial charge in [0.25, 0.3) is 0 Å². The molecule has 4 aromatic carbocycles. The average Bonchev–Trinajstić information content (AvgIpc) is 3.90. The molecule has 0 N–H and O–H groups in total. The fraction of sp³-hybridized carbons (Fsp3) is 0.304. The summed E-state index contributed by atoms with van der Waals surface area (Å²) in [4.78, 5) is 1.84. The van der Waals surface area contributed by atoms with E-state index in [-0.39, 0.29) is 28.2 Å². The molecule has 2 heterocycles. The van der Waals surface area contributed by atoms with Gasteiger partial charge in [-0.25, -0.2) is 0 Å². The molecule has 0 unspecified atom stereocenters. The number of hydrogen-bond acceptors (Lipinski definition) is 2. The molecule has 0 amide bonds. The molecule has 0 bridgehead atoms. The van der Waals surface area contributed by atoms with Crippen LogP contribution in [-0.4, -0.2) is 36.0 Å². The Morgan fingerprint density at radius 2 is 1.06 bits per heavy atom. The van der Waals surface area contributed by atoms with E-state index in [0.29, 0.717) is 11.5 Å². The fourth-order valence-corrected chi connectivity index (χ4v) is 8.52. The molecule has 0 nitrogen and oxygen atoms in total. The van der Waals surface area contributed by atoms with E-state index in [1.54, 1.807) is 37.0 Å². The number of benzene rings is 4. The fourth-order valence-electron chi connectivity index (χ4n) is 6.94. The first-order chi connectivity index (χ1) is 28.4. The van der Waals surface area contributed by atoms with Crippen molar-refractivity contribution < 1.29 is 61.5 Å². The quantitative estimate of drug-likeness (QED) is 0.111. The molecule has 0 aliphatic heterocycles. The van der Waals surface area contributed by atoms with Gasteiger partial charge in [-0.3, -0.25) is 0 Å². The second-order valence-electron chi connectivity index (χ2n) is 16.2. The van der Waals surface area contributed by atoms with Crippen LogP contribution in [-0.2, 0) is 17.3 Å². The Morgan fingerprint density at radius 1 is 0.516 bits per heavy atom. The van der Waals surface area contributed by atoms with Crippen molar-refractivity contribution in [1.82, 2.24) is 0 Å². The molecule has 0 saturated heterocycles. The second-order valence-corrected chi connectivity index (χ2v) is 18.1. The number of thiophene rings is 2.